The van der Waals surface area contributed by atoms with Gasteiger partial charge in [0.25, 0.3) is 0 Å². The van der Waals surface area contributed by atoms with Gasteiger partial charge < -0.3 is 9.94 Å². The molecule has 0 spiro atoms. The van der Waals surface area contributed by atoms with E-state index in [-0.39, 0.29) is 0 Å². The van der Waals surface area contributed by atoms with E-state index in [1.807, 2.05) is 18.2 Å². The van der Waals surface area contributed by atoms with Crippen molar-refractivity contribution in [1.82, 2.24) is 5.48 Å². The van der Waals surface area contributed by atoms with E-state index < -0.39 is 0 Å². The third kappa shape index (κ3) is 3.20. The number of rotatable bonds is 5. The lowest BCUT2D eigenvalue weighted by Crippen LogP contribution is -2.19. The molecule has 0 radical (unpaired) electrons. The van der Waals surface area contributed by atoms with Crippen LogP contribution in [-0.2, 0) is 6.54 Å². The molecule has 0 amide bonds. The van der Waals surface area contributed by atoms with Gasteiger partial charge in [-0.15, -0.1) is 0 Å². The molecule has 4 heteroatoms. The molecule has 1 fully saturated rings. The van der Waals surface area contributed by atoms with E-state index in [9.17, 15) is 0 Å². The molecule has 0 saturated heterocycles. The minimum Gasteiger partial charge on any atom is -0.493 e. The van der Waals surface area contributed by atoms with Crippen molar-refractivity contribution >= 4 is 15.9 Å². The van der Waals surface area contributed by atoms with Crippen LogP contribution in [0.3, 0.4) is 0 Å². The Labute approximate surface area is 104 Å². The molecule has 16 heavy (non-hydrogen) atoms. The van der Waals surface area contributed by atoms with Crippen molar-refractivity contribution in [2.45, 2.75) is 25.8 Å². The molecule has 0 unspecified atom stereocenters. The smallest absolute Gasteiger partial charge is 0.120 e. The summed E-state index contributed by atoms with van der Waals surface area (Å²) in [6.45, 7) is 1.24. The van der Waals surface area contributed by atoms with Crippen molar-refractivity contribution in [3.8, 4) is 5.75 Å². The first-order valence-corrected chi connectivity index (χ1v) is 6.36. The first-order valence-electron chi connectivity index (χ1n) is 5.57. The van der Waals surface area contributed by atoms with Gasteiger partial charge in [-0.2, -0.15) is 0 Å². The highest BCUT2D eigenvalue weighted by Crippen LogP contribution is 2.28. The summed E-state index contributed by atoms with van der Waals surface area (Å²) in [5, 5.41) is 8.66. The number of hydrogen-bond donors (Lipinski definition) is 2. The van der Waals surface area contributed by atoms with Crippen molar-refractivity contribution in [3.63, 3.8) is 0 Å². The zero-order valence-electron chi connectivity index (χ0n) is 9.08. The lowest BCUT2D eigenvalue weighted by Gasteiger charge is -2.25. The molecule has 3 nitrogen and oxygen atoms in total. The Morgan fingerprint density at radius 1 is 1.38 bits per heavy atom. The Hall–Kier alpha value is -0.580. The fourth-order valence-corrected chi connectivity index (χ4v) is 2.29. The lowest BCUT2D eigenvalue weighted by molar-refractivity contribution is 0.160. The first-order chi connectivity index (χ1) is 7.78. The van der Waals surface area contributed by atoms with Gasteiger partial charge in [0.15, 0.2) is 0 Å². The molecule has 1 aliphatic rings. The summed E-state index contributed by atoms with van der Waals surface area (Å²) < 4.78 is 6.71. The molecule has 0 atom stereocenters. The zero-order valence-corrected chi connectivity index (χ0v) is 10.7. The highest BCUT2D eigenvalue weighted by atomic mass is 79.9. The highest BCUT2D eigenvalue weighted by Gasteiger charge is 2.17. The van der Waals surface area contributed by atoms with Crippen molar-refractivity contribution in [2.24, 2.45) is 5.92 Å². The predicted molar refractivity (Wildman–Crippen MR) is 65.6 cm³/mol. The van der Waals surface area contributed by atoms with E-state index in [0.717, 1.165) is 28.3 Å². The van der Waals surface area contributed by atoms with Gasteiger partial charge in [0.2, 0.25) is 0 Å². The number of ether oxygens (including phenoxy) is 1. The SMILES string of the molecule is ONCc1cc(Br)cc(OCC2CCC2)c1. The second-order valence-corrected chi connectivity index (χ2v) is 5.15. The monoisotopic (exact) mass is 285 g/mol. The number of benzene rings is 1. The molecule has 0 aromatic heterocycles. The quantitative estimate of drug-likeness (QED) is 0.817. The van der Waals surface area contributed by atoms with Crippen molar-refractivity contribution in [1.29, 1.82) is 0 Å². The lowest BCUT2D eigenvalue weighted by atomic mass is 9.86. The first kappa shape index (κ1) is 11.9. The van der Waals surface area contributed by atoms with Gasteiger partial charge in [-0.1, -0.05) is 22.4 Å². The number of nitrogens with one attached hydrogen (secondary N) is 1. The van der Waals surface area contributed by atoms with E-state index in [1.165, 1.54) is 19.3 Å². The summed E-state index contributed by atoms with van der Waals surface area (Å²) in [4.78, 5) is 0. The van der Waals surface area contributed by atoms with Crippen molar-refractivity contribution < 1.29 is 9.94 Å². The Balaban J connectivity index is 1.95. The largest absolute Gasteiger partial charge is 0.493 e. The third-order valence-electron chi connectivity index (χ3n) is 2.92. The number of hydroxylamine groups is 1. The summed E-state index contributed by atoms with van der Waals surface area (Å²) in [5.74, 6) is 1.60. The minimum absolute atomic E-state index is 0.430. The van der Waals surface area contributed by atoms with E-state index in [4.69, 9.17) is 9.94 Å². The van der Waals surface area contributed by atoms with Crippen LogP contribution >= 0.6 is 15.9 Å². The van der Waals surface area contributed by atoms with Gasteiger partial charge in [-0.25, -0.2) is 5.48 Å². The maximum Gasteiger partial charge on any atom is 0.120 e. The summed E-state index contributed by atoms with van der Waals surface area (Å²) in [6.07, 6.45) is 3.92. The van der Waals surface area contributed by atoms with Crippen LogP contribution in [0.4, 0.5) is 0 Å². The topological polar surface area (TPSA) is 41.5 Å². The normalized spacial score (nSPS) is 15.9. The Morgan fingerprint density at radius 3 is 2.81 bits per heavy atom. The summed E-state index contributed by atoms with van der Waals surface area (Å²) >= 11 is 3.43. The second-order valence-electron chi connectivity index (χ2n) is 4.24. The Bertz CT molecular complexity index is 353. The van der Waals surface area contributed by atoms with Crippen LogP contribution in [-0.4, -0.2) is 11.8 Å². The van der Waals surface area contributed by atoms with E-state index in [2.05, 4.69) is 21.4 Å². The van der Waals surface area contributed by atoms with E-state index in [1.54, 1.807) is 0 Å². The van der Waals surface area contributed by atoms with Gasteiger partial charge in [0, 0.05) is 11.0 Å². The van der Waals surface area contributed by atoms with E-state index in [0.29, 0.717) is 6.54 Å². The molecular formula is C12H16BrNO2. The maximum atomic E-state index is 8.66. The van der Waals surface area contributed by atoms with Crippen molar-refractivity contribution in [2.75, 3.05) is 6.61 Å². The molecule has 2 N–H and O–H groups in total. The molecule has 0 aliphatic heterocycles. The van der Waals surface area contributed by atoms with Gasteiger partial charge >= 0.3 is 0 Å². The molecule has 1 saturated carbocycles. The third-order valence-corrected chi connectivity index (χ3v) is 3.38. The molecule has 1 aromatic carbocycles. The summed E-state index contributed by atoms with van der Waals surface area (Å²) in [6, 6.07) is 5.87. The Morgan fingerprint density at radius 2 is 2.19 bits per heavy atom. The second kappa shape index (κ2) is 5.66. The van der Waals surface area contributed by atoms with Crippen LogP contribution in [0.15, 0.2) is 22.7 Å². The highest BCUT2D eigenvalue weighted by molar-refractivity contribution is 9.10. The summed E-state index contributed by atoms with van der Waals surface area (Å²) in [7, 11) is 0. The fourth-order valence-electron chi connectivity index (χ4n) is 1.77. The number of halogens is 1. The van der Waals surface area contributed by atoms with Crippen molar-refractivity contribution in [3.05, 3.63) is 28.2 Å². The minimum atomic E-state index is 0.430. The predicted octanol–water partition coefficient (Wildman–Crippen LogP) is 3.11. The molecule has 1 aliphatic carbocycles. The summed E-state index contributed by atoms with van der Waals surface area (Å²) in [5.41, 5.74) is 3.15. The fraction of sp³-hybridized carbons (Fsp3) is 0.500. The molecule has 88 valence electrons. The van der Waals surface area contributed by atoms with Crippen LogP contribution in [0.25, 0.3) is 0 Å². The van der Waals surface area contributed by atoms with E-state index >= 15 is 0 Å². The Kier molecular flexibility index (Phi) is 4.21. The zero-order chi connectivity index (χ0) is 11.4. The average Bonchev–Trinajstić information content (AvgIpc) is 2.14. The van der Waals surface area contributed by atoms with Crippen LogP contribution in [0.2, 0.25) is 0 Å². The van der Waals surface area contributed by atoms with Gasteiger partial charge in [-0.3, -0.25) is 0 Å². The van der Waals surface area contributed by atoms with Crippen LogP contribution in [0.5, 0.6) is 5.75 Å². The molecule has 0 heterocycles. The number of hydrogen-bond acceptors (Lipinski definition) is 3. The van der Waals surface area contributed by atoms with Gasteiger partial charge in [0.05, 0.1) is 6.61 Å². The average molecular weight is 286 g/mol. The van der Waals surface area contributed by atoms with Gasteiger partial charge in [0.1, 0.15) is 5.75 Å². The molecule has 1 aromatic rings. The van der Waals surface area contributed by atoms with Gasteiger partial charge in [-0.05, 0) is 42.5 Å². The molecule has 2 rings (SSSR count). The maximum absolute atomic E-state index is 8.66. The van der Waals surface area contributed by atoms with Crippen LogP contribution in [0.1, 0.15) is 24.8 Å². The molecular weight excluding hydrogens is 270 g/mol. The molecule has 0 bridgehead atoms. The standard InChI is InChI=1S/C12H16BrNO2/c13-11-4-10(7-14-15)5-12(6-11)16-8-9-2-1-3-9/h4-6,9,14-15H,1-3,7-8H2. The van der Waals surface area contributed by atoms with Crippen LogP contribution in [0, 0.1) is 5.92 Å². The van der Waals surface area contributed by atoms with Crippen LogP contribution < -0.4 is 10.2 Å².